The third kappa shape index (κ3) is 3.13. The van der Waals surface area contributed by atoms with Crippen LogP contribution in [-0.4, -0.2) is 31.3 Å². The predicted molar refractivity (Wildman–Crippen MR) is 64.3 cm³/mol. The van der Waals surface area contributed by atoms with Gasteiger partial charge in [-0.15, -0.1) is 0 Å². The number of nitrogens with one attached hydrogen (secondary N) is 2. The molecule has 0 aliphatic carbocycles. The topological polar surface area (TPSA) is 71.4 Å². The van der Waals surface area contributed by atoms with Crippen LogP contribution in [0.5, 0.6) is 0 Å². The molecule has 0 spiro atoms. The third-order valence-corrected chi connectivity index (χ3v) is 2.75. The van der Waals surface area contributed by atoms with Gasteiger partial charge in [-0.25, -0.2) is 9.97 Å². The van der Waals surface area contributed by atoms with Crippen molar-refractivity contribution in [1.82, 2.24) is 30.0 Å². The van der Waals surface area contributed by atoms with E-state index < -0.39 is 0 Å². The van der Waals surface area contributed by atoms with E-state index in [0.717, 1.165) is 31.0 Å². The summed E-state index contributed by atoms with van der Waals surface area (Å²) in [5, 5.41) is 10.1. The SMILES string of the molecule is CC(NCCCc1ncn[nH]1)c1nccn1C. The number of aromatic nitrogens is 5. The Hall–Kier alpha value is -1.69. The normalized spacial score (nSPS) is 12.8. The number of rotatable bonds is 6. The lowest BCUT2D eigenvalue weighted by atomic mass is 10.2. The summed E-state index contributed by atoms with van der Waals surface area (Å²) in [4.78, 5) is 8.40. The molecule has 0 radical (unpaired) electrons. The minimum absolute atomic E-state index is 0.268. The van der Waals surface area contributed by atoms with Crippen molar-refractivity contribution in [3.05, 3.63) is 30.4 Å². The monoisotopic (exact) mass is 234 g/mol. The van der Waals surface area contributed by atoms with Gasteiger partial charge in [-0.2, -0.15) is 5.10 Å². The van der Waals surface area contributed by atoms with Gasteiger partial charge in [-0.1, -0.05) is 0 Å². The van der Waals surface area contributed by atoms with E-state index in [1.54, 1.807) is 6.33 Å². The van der Waals surface area contributed by atoms with Gasteiger partial charge in [0.05, 0.1) is 6.04 Å². The van der Waals surface area contributed by atoms with Crippen molar-refractivity contribution in [1.29, 1.82) is 0 Å². The van der Waals surface area contributed by atoms with E-state index >= 15 is 0 Å². The van der Waals surface area contributed by atoms with Crippen molar-refractivity contribution in [2.24, 2.45) is 7.05 Å². The van der Waals surface area contributed by atoms with Crippen LogP contribution in [0.2, 0.25) is 0 Å². The summed E-state index contributed by atoms with van der Waals surface area (Å²) >= 11 is 0. The Morgan fingerprint density at radius 3 is 3.00 bits per heavy atom. The molecule has 92 valence electrons. The first-order valence-electron chi connectivity index (χ1n) is 5.82. The van der Waals surface area contributed by atoms with Gasteiger partial charge < -0.3 is 9.88 Å². The Bertz CT molecular complexity index is 433. The van der Waals surface area contributed by atoms with Gasteiger partial charge in [-0.3, -0.25) is 5.10 Å². The largest absolute Gasteiger partial charge is 0.337 e. The second kappa shape index (κ2) is 5.58. The number of hydrogen-bond acceptors (Lipinski definition) is 4. The van der Waals surface area contributed by atoms with Crippen LogP contribution >= 0.6 is 0 Å². The molecule has 2 aromatic heterocycles. The first-order valence-corrected chi connectivity index (χ1v) is 5.82. The Labute approximate surface area is 100 Å². The molecule has 2 N–H and O–H groups in total. The highest BCUT2D eigenvalue weighted by atomic mass is 15.2. The smallest absolute Gasteiger partial charge is 0.137 e. The predicted octanol–water partition coefficient (Wildman–Crippen LogP) is 0.822. The first-order chi connectivity index (χ1) is 8.27. The fourth-order valence-electron chi connectivity index (χ4n) is 1.81. The van der Waals surface area contributed by atoms with E-state index in [-0.39, 0.29) is 6.04 Å². The molecule has 2 aromatic rings. The molecule has 0 bridgehead atoms. The zero-order chi connectivity index (χ0) is 12.1. The fourth-order valence-corrected chi connectivity index (χ4v) is 1.81. The molecule has 2 rings (SSSR count). The summed E-state index contributed by atoms with van der Waals surface area (Å²) in [6, 6.07) is 0.268. The third-order valence-electron chi connectivity index (χ3n) is 2.75. The van der Waals surface area contributed by atoms with E-state index in [4.69, 9.17) is 0 Å². The molecule has 0 aliphatic rings. The van der Waals surface area contributed by atoms with Crippen LogP contribution in [0.15, 0.2) is 18.7 Å². The van der Waals surface area contributed by atoms with E-state index in [2.05, 4.69) is 32.4 Å². The molecule has 0 fully saturated rings. The van der Waals surface area contributed by atoms with Crippen molar-refractivity contribution in [2.75, 3.05) is 6.54 Å². The van der Waals surface area contributed by atoms with Crippen LogP contribution in [0.1, 0.15) is 31.0 Å². The molecule has 6 heteroatoms. The second-order valence-electron chi connectivity index (χ2n) is 4.11. The van der Waals surface area contributed by atoms with E-state index in [0.29, 0.717) is 0 Å². The lowest BCUT2D eigenvalue weighted by Crippen LogP contribution is -2.22. The molecule has 0 saturated carbocycles. The molecule has 0 aromatic carbocycles. The molecule has 0 aliphatic heterocycles. The van der Waals surface area contributed by atoms with E-state index in [9.17, 15) is 0 Å². The Kier molecular flexibility index (Phi) is 3.87. The zero-order valence-corrected chi connectivity index (χ0v) is 10.2. The quantitative estimate of drug-likeness (QED) is 0.726. The number of hydrogen-bond donors (Lipinski definition) is 2. The van der Waals surface area contributed by atoms with Crippen molar-refractivity contribution in [3.63, 3.8) is 0 Å². The molecule has 0 amide bonds. The van der Waals surface area contributed by atoms with Gasteiger partial charge in [0.25, 0.3) is 0 Å². The molecule has 0 saturated heterocycles. The van der Waals surface area contributed by atoms with Crippen LogP contribution in [0.3, 0.4) is 0 Å². The number of H-pyrrole nitrogens is 1. The first kappa shape index (κ1) is 11.8. The lowest BCUT2D eigenvalue weighted by molar-refractivity contribution is 0.518. The summed E-state index contributed by atoms with van der Waals surface area (Å²) in [5.74, 6) is 2.00. The van der Waals surface area contributed by atoms with Gasteiger partial charge in [-0.05, 0) is 19.9 Å². The Morgan fingerprint density at radius 1 is 1.47 bits per heavy atom. The number of aromatic amines is 1. The summed E-state index contributed by atoms with van der Waals surface area (Å²) in [7, 11) is 2.01. The average Bonchev–Trinajstić information content (AvgIpc) is 2.95. The molecule has 1 unspecified atom stereocenters. The highest BCUT2D eigenvalue weighted by molar-refractivity contribution is 4.96. The van der Waals surface area contributed by atoms with Gasteiger partial charge in [0.2, 0.25) is 0 Å². The number of aryl methyl sites for hydroxylation is 2. The van der Waals surface area contributed by atoms with Crippen LogP contribution in [0.4, 0.5) is 0 Å². The van der Waals surface area contributed by atoms with E-state index in [1.165, 1.54) is 0 Å². The van der Waals surface area contributed by atoms with Crippen LogP contribution < -0.4 is 5.32 Å². The number of nitrogens with zero attached hydrogens (tertiary/aromatic N) is 4. The van der Waals surface area contributed by atoms with Crippen molar-refractivity contribution in [3.8, 4) is 0 Å². The van der Waals surface area contributed by atoms with Gasteiger partial charge in [0.15, 0.2) is 0 Å². The summed E-state index contributed by atoms with van der Waals surface area (Å²) < 4.78 is 2.04. The maximum atomic E-state index is 4.32. The van der Waals surface area contributed by atoms with Gasteiger partial charge in [0.1, 0.15) is 18.0 Å². The fraction of sp³-hybridized carbons (Fsp3) is 0.545. The van der Waals surface area contributed by atoms with Crippen molar-refractivity contribution >= 4 is 0 Å². The highest BCUT2D eigenvalue weighted by Crippen LogP contribution is 2.08. The summed E-state index contributed by atoms with van der Waals surface area (Å²) in [6.45, 7) is 3.06. The molecular weight excluding hydrogens is 216 g/mol. The standard InChI is InChI=1S/C11H18N6/c1-9(11-13-6-7-17(11)2)12-5-3-4-10-14-8-15-16-10/h6-9,12H,3-5H2,1-2H3,(H,14,15,16). The second-order valence-corrected chi connectivity index (χ2v) is 4.11. The Morgan fingerprint density at radius 2 is 2.35 bits per heavy atom. The van der Waals surface area contributed by atoms with Crippen LogP contribution in [-0.2, 0) is 13.5 Å². The molecule has 17 heavy (non-hydrogen) atoms. The summed E-state index contributed by atoms with van der Waals surface area (Å²) in [6.07, 6.45) is 7.27. The van der Waals surface area contributed by atoms with Crippen LogP contribution in [0.25, 0.3) is 0 Å². The van der Waals surface area contributed by atoms with Crippen LogP contribution in [0, 0.1) is 0 Å². The average molecular weight is 234 g/mol. The molecule has 1 atom stereocenters. The maximum absolute atomic E-state index is 4.32. The summed E-state index contributed by atoms with van der Waals surface area (Å²) in [5.41, 5.74) is 0. The number of imidazole rings is 1. The lowest BCUT2D eigenvalue weighted by Gasteiger charge is -2.13. The van der Waals surface area contributed by atoms with Gasteiger partial charge in [0, 0.05) is 25.9 Å². The van der Waals surface area contributed by atoms with E-state index in [1.807, 2.05) is 24.0 Å². The molecular formula is C11H18N6. The minimum Gasteiger partial charge on any atom is -0.337 e. The Balaban J connectivity index is 1.70. The van der Waals surface area contributed by atoms with Crippen molar-refractivity contribution < 1.29 is 0 Å². The highest BCUT2D eigenvalue weighted by Gasteiger charge is 2.08. The maximum Gasteiger partial charge on any atom is 0.137 e. The van der Waals surface area contributed by atoms with Gasteiger partial charge >= 0.3 is 0 Å². The zero-order valence-electron chi connectivity index (χ0n) is 10.2. The minimum atomic E-state index is 0.268. The molecule has 2 heterocycles. The van der Waals surface area contributed by atoms with Crippen molar-refractivity contribution in [2.45, 2.75) is 25.8 Å². The molecule has 6 nitrogen and oxygen atoms in total.